The highest BCUT2D eigenvalue weighted by Crippen LogP contribution is 2.23. The van der Waals surface area contributed by atoms with Crippen LogP contribution >= 0.6 is 0 Å². The molecule has 24 heavy (non-hydrogen) atoms. The lowest BCUT2D eigenvalue weighted by atomic mass is 9.98. The summed E-state index contributed by atoms with van der Waals surface area (Å²) in [5, 5.41) is 15.1. The highest BCUT2D eigenvalue weighted by molar-refractivity contribution is 5.78. The van der Waals surface area contributed by atoms with Crippen LogP contribution in [-0.4, -0.2) is 51.2 Å². The summed E-state index contributed by atoms with van der Waals surface area (Å²) in [5.41, 5.74) is 0.573. The molecule has 0 bridgehead atoms. The molecule has 1 aromatic rings. The van der Waals surface area contributed by atoms with Crippen molar-refractivity contribution in [2.75, 3.05) is 19.7 Å². The molecule has 1 aliphatic heterocycles. The Labute approximate surface area is 139 Å². The first-order valence-corrected chi connectivity index (χ1v) is 7.98. The summed E-state index contributed by atoms with van der Waals surface area (Å²) in [4.78, 5) is 36.5. The van der Waals surface area contributed by atoms with E-state index in [-0.39, 0.29) is 35.7 Å². The number of carbonyl (C=O) groups is 2. The SMILES string of the molecule is CCOC(=O)[C@@H]1CCCN(C(=O)Cn2nc(C)c([N+](=O)[O-])c2C)C1. The molecule has 1 fully saturated rings. The first-order chi connectivity index (χ1) is 11.3. The van der Waals surface area contributed by atoms with Gasteiger partial charge in [0.25, 0.3) is 0 Å². The standard InChI is InChI=1S/C15H22N4O5/c1-4-24-15(21)12-6-5-7-17(8-12)13(20)9-18-11(3)14(19(22)23)10(2)16-18/h12H,4-9H2,1-3H3/t12-/m1/s1. The van der Waals surface area contributed by atoms with Gasteiger partial charge in [0.1, 0.15) is 17.9 Å². The fraction of sp³-hybridized carbons (Fsp3) is 0.667. The van der Waals surface area contributed by atoms with Crippen LogP contribution in [0.3, 0.4) is 0 Å². The van der Waals surface area contributed by atoms with E-state index in [1.54, 1.807) is 25.7 Å². The Morgan fingerprint density at radius 1 is 1.42 bits per heavy atom. The molecule has 1 aromatic heterocycles. The number of likely N-dealkylation sites (tertiary alicyclic amines) is 1. The maximum atomic E-state index is 12.5. The maximum Gasteiger partial charge on any atom is 0.312 e. The number of rotatable bonds is 5. The van der Waals surface area contributed by atoms with Gasteiger partial charge >= 0.3 is 11.7 Å². The van der Waals surface area contributed by atoms with Gasteiger partial charge < -0.3 is 9.64 Å². The van der Waals surface area contributed by atoms with Gasteiger partial charge in [-0.2, -0.15) is 5.10 Å². The number of esters is 1. The smallest absolute Gasteiger partial charge is 0.312 e. The molecule has 0 aromatic carbocycles. The van der Waals surface area contributed by atoms with Crippen molar-refractivity contribution in [3.63, 3.8) is 0 Å². The van der Waals surface area contributed by atoms with Crippen LogP contribution < -0.4 is 0 Å². The first-order valence-electron chi connectivity index (χ1n) is 7.98. The van der Waals surface area contributed by atoms with E-state index in [0.29, 0.717) is 31.8 Å². The predicted molar refractivity (Wildman–Crippen MR) is 84.3 cm³/mol. The Morgan fingerprint density at radius 2 is 2.12 bits per heavy atom. The van der Waals surface area contributed by atoms with E-state index < -0.39 is 4.92 Å². The number of ether oxygens (including phenoxy) is 1. The van der Waals surface area contributed by atoms with Crippen LogP contribution in [0.25, 0.3) is 0 Å². The fourth-order valence-corrected chi connectivity index (χ4v) is 2.99. The van der Waals surface area contributed by atoms with Gasteiger partial charge in [-0.25, -0.2) is 0 Å². The van der Waals surface area contributed by atoms with Gasteiger partial charge in [0.15, 0.2) is 0 Å². The Morgan fingerprint density at radius 3 is 2.71 bits per heavy atom. The van der Waals surface area contributed by atoms with Crippen molar-refractivity contribution in [3.8, 4) is 0 Å². The molecule has 9 heteroatoms. The number of piperidine rings is 1. The average molecular weight is 338 g/mol. The summed E-state index contributed by atoms with van der Waals surface area (Å²) in [5.74, 6) is -0.793. The van der Waals surface area contributed by atoms with Crippen LogP contribution in [0.15, 0.2) is 0 Å². The summed E-state index contributed by atoms with van der Waals surface area (Å²) in [6.45, 7) is 6.00. The number of nitrogens with zero attached hydrogens (tertiary/aromatic N) is 4. The van der Waals surface area contributed by atoms with E-state index >= 15 is 0 Å². The van der Waals surface area contributed by atoms with E-state index in [0.717, 1.165) is 6.42 Å². The third kappa shape index (κ3) is 3.72. The zero-order valence-corrected chi connectivity index (χ0v) is 14.2. The third-order valence-electron chi connectivity index (χ3n) is 4.20. The molecule has 0 spiro atoms. The molecule has 0 aliphatic carbocycles. The van der Waals surface area contributed by atoms with Crippen LogP contribution in [0.4, 0.5) is 5.69 Å². The van der Waals surface area contributed by atoms with Gasteiger partial charge in [-0.15, -0.1) is 0 Å². The summed E-state index contributed by atoms with van der Waals surface area (Å²) in [7, 11) is 0. The topological polar surface area (TPSA) is 108 Å². The Bertz CT molecular complexity index is 655. The largest absolute Gasteiger partial charge is 0.466 e. The molecule has 2 rings (SSSR count). The molecule has 1 atom stereocenters. The van der Waals surface area contributed by atoms with Crippen molar-refractivity contribution >= 4 is 17.6 Å². The van der Waals surface area contributed by atoms with E-state index in [4.69, 9.17) is 4.74 Å². The molecule has 0 radical (unpaired) electrons. The van der Waals surface area contributed by atoms with Crippen LogP contribution in [0, 0.1) is 29.9 Å². The number of amides is 1. The molecular weight excluding hydrogens is 316 g/mol. The number of hydrogen-bond donors (Lipinski definition) is 0. The highest BCUT2D eigenvalue weighted by Gasteiger charge is 2.30. The van der Waals surface area contributed by atoms with E-state index in [1.807, 2.05) is 0 Å². The van der Waals surface area contributed by atoms with Crippen molar-refractivity contribution < 1.29 is 19.2 Å². The van der Waals surface area contributed by atoms with Crippen molar-refractivity contribution in [1.82, 2.24) is 14.7 Å². The lowest BCUT2D eigenvalue weighted by Crippen LogP contribution is -2.44. The third-order valence-corrected chi connectivity index (χ3v) is 4.20. The predicted octanol–water partition coefficient (Wildman–Crippen LogP) is 1.21. The minimum absolute atomic E-state index is 0.0640. The summed E-state index contributed by atoms with van der Waals surface area (Å²) < 4.78 is 6.37. The van der Waals surface area contributed by atoms with Gasteiger partial charge in [-0.05, 0) is 33.6 Å². The maximum absolute atomic E-state index is 12.5. The second-order valence-corrected chi connectivity index (χ2v) is 5.87. The van der Waals surface area contributed by atoms with Crippen LogP contribution in [-0.2, 0) is 20.9 Å². The lowest BCUT2D eigenvalue weighted by molar-refractivity contribution is -0.386. The van der Waals surface area contributed by atoms with E-state index in [1.165, 1.54) is 4.68 Å². The van der Waals surface area contributed by atoms with Gasteiger partial charge in [0.2, 0.25) is 5.91 Å². The van der Waals surface area contributed by atoms with Crippen molar-refractivity contribution in [3.05, 3.63) is 21.5 Å². The average Bonchev–Trinajstić information content (AvgIpc) is 2.81. The molecule has 1 saturated heterocycles. The second-order valence-electron chi connectivity index (χ2n) is 5.87. The van der Waals surface area contributed by atoms with Gasteiger partial charge in [0.05, 0.1) is 17.4 Å². The minimum Gasteiger partial charge on any atom is -0.466 e. The molecule has 9 nitrogen and oxygen atoms in total. The molecular formula is C15H22N4O5. The Kier molecular flexibility index (Phi) is 5.53. The Balaban J connectivity index is 2.06. The number of hydrogen-bond acceptors (Lipinski definition) is 6. The number of carbonyl (C=O) groups excluding carboxylic acids is 2. The summed E-state index contributed by atoms with van der Waals surface area (Å²) in [6, 6.07) is 0. The molecule has 1 aliphatic rings. The van der Waals surface area contributed by atoms with Gasteiger partial charge in [-0.3, -0.25) is 24.4 Å². The quantitative estimate of drug-likeness (QED) is 0.454. The minimum atomic E-state index is -0.490. The van der Waals surface area contributed by atoms with Gasteiger partial charge in [-0.1, -0.05) is 0 Å². The zero-order valence-electron chi connectivity index (χ0n) is 14.2. The fourth-order valence-electron chi connectivity index (χ4n) is 2.99. The Hall–Kier alpha value is -2.45. The molecule has 0 saturated carbocycles. The number of nitro groups is 1. The normalized spacial score (nSPS) is 17.6. The highest BCUT2D eigenvalue weighted by atomic mass is 16.6. The summed E-state index contributed by atoms with van der Waals surface area (Å²) >= 11 is 0. The van der Waals surface area contributed by atoms with E-state index in [2.05, 4.69) is 5.10 Å². The molecule has 0 unspecified atom stereocenters. The van der Waals surface area contributed by atoms with Gasteiger partial charge in [0, 0.05) is 13.1 Å². The van der Waals surface area contributed by atoms with Crippen molar-refractivity contribution in [1.29, 1.82) is 0 Å². The number of aromatic nitrogens is 2. The lowest BCUT2D eigenvalue weighted by Gasteiger charge is -2.31. The second kappa shape index (κ2) is 7.41. The van der Waals surface area contributed by atoms with Crippen LogP contribution in [0.1, 0.15) is 31.2 Å². The first kappa shape index (κ1) is 17.9. The molecule has 0 N–H and O–H groups in total. The molecule has 132 valence electrons. The number of aryl methyl sites for hydroxylation is 1. The zero-order chi connectivity index (χ0) is 17.9. The van der Waals surface area contributed by atoms with Crippen molar-refractivity contribution in [2.24, 2.45) is 5.92 Å². The molecule has 2 heterocycles. The monoisotopic (exact) mass is 338 g/mol. The molecule has 1 amide bonds. The van der Waals surface area contributed by atoms with Crippen LogP contribution in [0.5, 0.6) is 0 Å². The van der Waals surface area contributed by atoms with E-state index in [9.17, 15) is 19.7 Å². The summed E-state index contributed by atoms with van der Waals surface area (Å²) in [6.07, 6.45) is 1.43. The van der Waals surface area contributed by atoms with Crippen LogP contribution in [0.2, 0.25) is 0 Å². The van der Waals surface area contributed by atoms with Crippen molar-refractivity contribution in [2.45, 2.75) is 40.2 Å².